The summed E-state index contributed by atoms with van der Waals surface area (Å²) in [5.41, 5.74) is 0. The third-order valence-corrected chi connectivity index (χ3v) is 5.26. The normalized spacial score (nSPS) is 21.7. The lowest BCUT2D eigenvalue weighted by Crippen LogP contribution is -2.50. The van der Waals surface area contributed by atoms with Crippen LogP contribution in [0.15, 0.2) is 0 Å². The third kappa shape index (κ3) is 5.35. The van der Waals surface area contributed by atoms with Gasteiger partial charge in [-0.1, -0.05) is 13.8 Å². The Morgan fingerprint density at radius 1 is 1.09 bits per heavy atom. The second-order valence-corrected chi connectivity index (χ2v) is 7.46. The fourth-order valence-electron chi connectivity index (χ4n) is 3.54. The van der Waals surface area contributed by atoms with E-state index in [1.807, 2.05) is 4.90 Å². The number of nitrogens with zero attached hydrogens (tertiary/aromatic N) is 2. The monoisotopic (exact) mass is 343 g/mol. The van der Waals surface area contributed by atoms with Gasteiger partial charge in [0.05, 0.1) is 0 Å². The summed E-state index contributed by atoms with van der Waals surface area (Å²) in [5.74, 6) is 1.02. The number of halogens is 1. The van der Waals surface area contributed by atoms with Gasteiger partial charge in [-0.2, -0.15) is 0 Å². The third-order valence-electron chi connectivity index (χ3n) is 5.03. The Morgan fingerprint density at radius 3 is 2.22 bits per heavy atom. The van der Waals surface area contributed by atoms with E-state index in [0.717, 1.165) is 58.4 Å². The van der Waals surface area contributed by atoms with E-state index >= 15 is 0 Å². The number of amides is 2. The molecule has 23 heavy (non-hydrogen) atoms. The molecule has 0 aromatic rings. The number of carbonyl (C=O) groups is 2. The summed E-state index contributed by atoms with van der Waals surface area (Å²) in [6, 6.07) is 0.550. The minimum Gasteiger partial charge on any atom is -0.356 e. The molecule has 0 saturated carbocycles. The van der Waals surface area contributed by atoms with Gasteiger partial charge in [0.2, 0.25) is 11.8 Å². The zero-order valence-electron chi connectivity index (χ0n) is 14.4. The molecule has 2 fully saturated rings. The molecule has 2 amide bonds. The second kappa shape index (κ2) is 8.88. The number of nitrogens with one attached hydrogen (secondary N) is 1. The van der Waals surface area contributed by atoms with Crippen molar-refractivity contribution < 1.29 is 9.59 Å². The summed E-state index contributed by atoms with van der Waals surface area (Å²) in [5, 5.41) is 3.06. The van der Waals surface area contributed by atoms with E-state index in [-0.39, 0.29) is 23.6 Å². The molecular formula is C17H30ClN3O2. The Morgan fingerprint density at radius 2 is 1.70 bits per heavy atom. The van der Waals surface area contributed by atoms with Crippen LogP contribution in [0.25, 0.3) is 0 Å². The summed E-state index contributed by atoms with van der Waals surface area (Å²) < 4.78 is 0. The molecule has 2 aliphatic heterocycles. The number of rotatable bonds is 5. The van der Waals surface area contributed by atoms with E-state index in [9.17, 15) is 9.59 Å². The van der Waals surface area contributed by atoms with Crippen molar-refractivity contribution in [3.63, 3.8) is 0 Å². The molecular weight excluding hydrogens is 314 g/mol. The van der Waals surface area contributed by atoms with Crippen LogP contribution in [-0.2, 0) is 9.59 Å². The van der Waals surface area contributed by atoms with Crippen LogP contribution in [0.1, 0.15) is 39.5 Å². The lowest BCUT2D eigenvalue weighted by Gasteiger charge is -2.41. The molecule has 0 aliphatic carbocycles. The smallest absolute Gasteiger partial charge is 0.237 e. The highest BCUT2D eigenvalue weighted by Crippen LogP contribution is 2.24. The van der Waals surface area contributed by atoms with Gasteiger partial charge in [0.1, 0.15) is 5.88 Å². The molecule has 6 heteroatoms. The van der Waals surface area contributed by atoms with Crippen molar-refractivity contribution in [2.45, 2.75) is 45.6 Å². The van der Waals surface area contributed by atoms with Crippen LogP contribution in [0, 0.1) is 11.8 Å². The highest BCUT2D eigenvalue weighted by Gasteiger charge is 2.31. The number of carbonyl (C=O) groups excluding carboxylic acids is 2. The summed E-state index contributed by atoms with van der Waals surface area (Å²) in [4.78, 5) is 28.1. The lowest BCUT2D eigenvalue weighted by molar-refractivity contribution is -0.131. The van der Waals surface area contributed by atoms with Crippen LogP contribution in [0.5, 0.6) is 0 Å². The molecule has 2 aliphatic rings. The van der Waals surface area contributed by atoms with Gasteiger partial charge in [-0.25, -0.2) is 0 Å². The Balaban J connectivity index is 1.71. The van der Waals surface area contributed by atoms with E-state index in [1.165, 1.54) is 0 Å². The van der Waals surface area contributed by atoms with Crippen molar-refractivity contribution in [2.75, 3.05) is 38.6 Å². The van der Waals surface area contributed by atoms with Crippen molar-refractivity contribution in [1.29, 1.82) is 0 Å². The van der Waals surface area contributed by atoms with Crippen molar-refractivity contribution in [2.24, 2.45) is 11.8 Å². The van der Waals surface area contributed by atoms with Crippen molar-refractivity contribution in [1.82, 2.24) is 15.1 Å². The van der Waals surface area contributed by atoms with E-state index in [2.05, 4.69) is 24.1 Å². The molecule has 0 aromatic carbocycles. The van der Waals surface area contributed by atoms with Gasteiger partial charge in [0, 0.05) is 31.6 Å². The van der Waals surface area contributed by atoms with Gasteiger partial charge in [-0.05, 0) is 44.7 Å². The molecule has 1 N–H and O–H groups in total. The van der Waals surface area contributed by atoms with Gasteiger partial charge in [-0.3, -0.25) is 9.59 Å². The molecule has 0 radical (unpaired) electrons. The summed E-state index contributed by atoms with van der Waals surface area (Å²) in [6.07, 6.45) is 3.94. The van der Waals surface area contributed by atoms with Crippen LogP contribution >= 0.6 is 11.6 Å². The van der Waals surface area contributed by atoms with Gasteiger partial charge >= 0.3 is 0 Å². The van der Waals surface area contributed by atoms with E-state index in [1.54, 1.807) is 0 Å². The highest BCUT2D eigenvalue weighted by molar-refractivity contribution is 6.27. The fourth-order valence-corrected chi connectivity index (χ4v) is 3.71. The first-order valence-electron chi connectivity index (χ1n) is 8.86. The molecule has 0 spiro atoms. The van der Waals surface area contributed by atoms with E-state index in [0.29, 0.717) is 12.0 Å². The Kier molecular flexibility index (Phi) is 7.15. The Hall–Kier alpha value is -0.810. The van der Waals surface area contributed by atoms with Crippen molar-refractivity contribution in [3.05, 3.63) is 0 Å². The zero-order valence-corrected chi connectivity index (χ0v) is 15.1. The number of piperidine rings is 2. The number of likely N-dealkylation sites (tertiary alicyclic amines) is 2. The molecule has 2 saturated heterocycles. The van der Waals surface area contributed by atoms with Crippen molar-refractivity contribution in [3.8, 4) is 0 Å². The molecule has 2 rings (SSSR count). The average molecular weight is 344 g/mol. The number of hydrogen-bond donors (Lipinski definition) is 1. The van der Waals surface area contributed by atoms with E-state index in [4.69, 9.17) is 11.6 Å². The molecule has 0 aromatic heterocycles. The summed E-state index contributed by atoms with van der Waals surface area (Å²) in [6.45, 7) is 8.61. The quantitative estimate of drug-likeness (QED) is 0.773. The Bertz CT molecular complexity index is 401. The van der Waals surface area contributed by atoms with Gasteiger partial charge in [0.25, 0.3) is 0 Å². The standard InChI is InChI=1S/C17H30ClN3O2/c1-13(2)12-19-17(23)14-3-7-20(8-4-14)15-5-9-21(10-6-15)16(22)11-18/h13-15H,3-12H2,1-2H3,(H,19,23). The molecule has 0 atom stereocenters. The highest BCUT2D eigenvalue weighted by atomic mass is 35.5. The molecule has 2 heterocycles. The maximum atomic E-state index is 12.2. The fraction of sp³-hybridized carbons (Fsp3) is 0.882. The number of alkyl halides is 1. The molecule has 0 bridgehead atoms. The van der Waals surface area contributed by atoms with Gasteiger partial charge in [0.15, 0.2) is 0 Å². The SMILES string of the molecule is CC(C)CNC(=O)C1CCN(C2CCN(C(=O)CCl)CC2)CC1. The second-order valence-electron chi connectivity index (χ2n) is 7.19. The first kappa shape index (κ1) is 18.5. The lowest BCUT2D eigenvalue weighted by atomic mass is 9.92. The minimum atomic E-state index is 0.0469. The van der Waals surface area contributed by atoms with Crippen LogP contribution in [0.4, 0.5) is 0 Å². The van der Waals surface area contributed by atoms with Crippen LogP contribution in [0.3, 0.4) is 0 Å². The van der Waals surface area contributed by atoms with Gasteiger partial charge < -0.3 is 15.1 Å². The van der Waals surface area contributed by atoms with Crippen LogP contribution in [-0.4, -0.2) is 66.3 Å². The predicted molar refractivity (Wildman–Crippen MR) is 92.5 cm³/mol. The Labute approximate surface area is 144 Å². The largest absolute Gasteiger partial charge is 0.356 e. The minimum absolute atomic E-state index is 0.0469. The molecule has 0 unspecified atom stereocenters. The maximum Gasteiger partial charge on any atom is 0.237 e. The average Bonchev–Trinajstić information content (AvgIpc) is 2.59. The predicted octanol–water partition coefficient (Wildman–Crippen LogP) is 1.70. The van der Waals surface area contributed by atoms with E-state index < -0.39 is 0 Å². The molecule has 5 nitrogen and oxygen atoms in total. The van der Waals surface area contributed by atoms with Crippen LogP contribution in [0.2, 0.25) is 0 Å². The maximum absolute atomic E-state index is 12.2. The van der Waals surface area contributed by atoms with Crippen molar-refractivity contribution >= 4 is 23.4 Å². The summed E-state index contributed by atoms with van der Waals surface area (Å²) >= 11 is 5.62. The molecule has 132 valence electrons. The topological polar surface area (TPSA) is 52.7 Å². The first-order chi connectivity index (χ1) is 11.0. The number of hydrogen-bond acceptors (Lipinski definition) is 3. The summed E-state index contributed by atoms with van der Waals surface area (Å²) in [7, 11) is 0. The zero-order chi connectivity index (χ0) is 16.8. The van der Waals surface area contributed by atoms with Gasteiger partial charge in [-0.15, -0.1) is 11.6 Å². The first-order valence-corrected chi connectivity index (χ1v) is 9.40. The van der Waals surface area contributed by atoms with Crippen LogP contribution < -0.4 is 5.32 Å².